The molecule has 0 spiro atoms. The normalized spacial score (nSPS) is 12.5. The van der Waals surface area contributed by atoms with Crippen LogP contribution in [0.5, 0.6) is 0 Å². The quantitative estimate of drug-likeness (QED) is 0.758. The van der Waals surface area contributed by atoms with Crippen molar-refractivity contribution in [3.63, 3.8) is 0 Å². The molecule has 0 aliphatic rings. The van der Waals surface area contributed by atoms with Gasteiger partial charge < -0.3 is 4.57 Å². The third-order valence-electron chi connectivity index (χ3n) is 4.46. The molecule has 0 saturated heterocycles. The van der Waals surface area contributed by atoms with Crippen molar-refractivity contribution in [2.45, 2.75) is 66.0 Å². The minimum atomic E-state index is 0.0650. The van der Waals surface area contributed by atoms with Gasteiger partial charge in [0.2, 0.25) is 0 Å². The fourth-order valence-corrected chi connectivity index (χ4v) is 2.99. The number of aryl methyl sites for hydroxylation is 3. The molecule has 0 fully saturated rings. The molecule has 0 saturated carbocycles. The van der Waals surface area contributed by atoms with Gasteiger partial charge in [-0.1, -0.05) is 13.8 Å². The largest absolute Gasteiger partial charge is 0.307 e. The molecule has 112 valence electrons. The number of halogens is 1. The molecule has 4 nitrogen and oxygen atoms in total. The third-order valence-corrected chi connectivity index (χ3v) is 4.65. The summed E-state index contributed by atoms with van der Waals surface area (Å²) in [5.41, 5.74) is 3.25. The predicted octanol–water partition coefficient (Wildman–Crippen LogP) is 3.88. The van der Waals surface area contributed by atoms with Crippen LogP contribution in [0.3, 0.4) is 0 Å². The lowest BCUT2D eigenvalue weighted by molar-refractivity contribution is 0.290. The van der Waals surface area contributed by atoms with Crippen LogP contribution < -0.4 is 0 Å². The highest BCUT2D eigenvalue weighted by atomic mass is 35.5. The molecular weight excluding hydrogens is 272 g/mol. The molecule has 0 N–H and O–H groups in total. The zero-order valence-electron chi connectivity index (χ0n) is 13.2. The van der Waals surface area contributed by atoms with Gasteiger partial charge in [0.1, 0.15) is 11.3 Å². The zero-order valence-corrected chi connectivity index (χ0v) is 14.0. The number of imidazole rings is 1. The van der Waals surface area contributed by atoms with E-state index in [0.717, 1.165) is 48.5 Å². The van der Waals surface area contributed by atoms with Crippen molar-refractivity contribution in [3.05, 3.63) is 11.5 Å². The highest BCUT2D eigenvalue weighted by Gasteiger charge is 2.30. The molecule has 0 aromatic carbocycles. The molecule has 0 aliphatic heterocycles. The van der Waals surface area contributed by atoms with Gasteiger partial charge in [-0.2, -0.15) is 5.10 Å². The van der Waals surface area contributed by atoms with Crippen molar-refractivity contribution >= 4 is 22.8 Å². The molecule has 2 aromatic heterocycles. The summed E-state index contributed by atoms with van der Waals surface area (Å²) in [4.78, 5) is 4.83. The number of nitrogens with zero attached hydrogens (tertiary/aromatic N) is 4. The van der Waals surface area contributed by atoms with E-state index in [-0.39, 0.29) is 5.54 Å². The van der Waals surface area contributed by atoms with E-state index in [4.69, 9.17) is 16.6 Å². The van der Waals surface area contributed by atoms with Crippen LogP contribution in [-0.2, 0) is 18.5 Å². The number of rotatable bonds is 6. The minimum absolute atomic E-state index is 0.0650. The fraction of sp³-hybridized carbons (Fsp3) is 0.733. The minimum Gasteiger partial charge on any atom is -0.307 e. The molecule has 0 radical (unpaired) electrons. The standard InChI is InChI=1S/C15H25ClN4/c1-6-15(5,7-2)20-12(9-10-16)17-13-11(4)18-19(8-3)14(13)20/h6-10H2,1-5H3. The van der Waals surface area contributed by atoms with Crippen LogP contribution in [0.2, 0.25) is 0 Å². The molecule has 20 heavy (non-hydrogen) atoms. The van der Waals surface area contributed by atoms with Crippen molar-refractivity contribution in [1.29, 1.82) is 0 Å². The molecule has 0 bridgehead atoms. The highest BCUT2D eigenvalue weighted by molar-refractivity contribution is 6.17. The lowest BCUT2D eigenvalue weighted by Crippen LogP contribution is -2.31. The maximum atomic E-state index is 5.98. The topological polar surface area (TPSA) is 35.6 Å². The number of aromatic nitrogens is 4. The zero-order chi connectivity index (χ0) is 14.9. The molecule has 0 aliphatic carbocycles. The van der Waals surface area contributed by atoms with Gasteiger partial charge in [-0.05, 0) is 33.6 Å². The van der Waals surface area contributed by atoms with Gasteiger partial charge in [0.15, 0.2) is 5.65 Å². The van der Waals surface area contributed by atoms with E-state index < -0.39 is 0 Å². The van der Waals surface area contributed by atoms with E-state index in [2.05, 4.69) is 42.0 Å². The number of hydrogen-bond acceptors (Lipinski definition) is 2. The first kappa shape index (κ1) is 15.4. The summed E-state index contributed by atoms with van der Waals surface area (Å²) in [6, 6.07) is 0. The SMILES string of the molecule is CCn1nc(C)c2nc(CCCl)n(C(C)(CC)CC)c21. The second kappa shape index (κ2) is 5.76. The Morgan fingerprint density at radius 2 is 1.85 bits per heavy atom. The second-order valence-electron chi connectivity index (χ2n) is 5.58. The first-order chi connectivity index (χ1) is 9.52. The molecular formula is C15H25ClN4. The van der Waals surface area contributed by atoms with Crippen molar-refractivity contribution in [1.82, 2.24) is 19.3 Å². The Bertz CT molecular complexity index is 593. The Morgan fingerprint density at radius 3 is 2.35 bits per heavy atom. The number of hydrogen-bond donors (Lipinski definition) is 0. The lowest BCUT2D eigenvalue weighted by Gasteiger charge is -2.31. The summed E-state index contributed by atoms with van der Waals surface area (Å²) in [5.74, 6) is 1.69. The Balaban J connectivity index is 2.79. The molecule has 2 rings (SSSR count). The van der Waals surface area contributed by atoms with Crippen LogP contribution in [0, 0.1) is 6.92 Å². The first-order valence-corrected chi connectivity index (χ1v) is 8.07. The van der Waals surface area contributed by atoms with E-state index in [1.165, 1.54) is 0 Å². The summed E-state index contributed by atoms with van der Waals surface area (Å²) in [6.07, 6.45) is 2.94. The maximum Gasteiger partial charge on any atom is 0.159 e. The van der Waals surface area contributed by atoms with Crippen LogP contribution in [0.1, 0.15) is 52.1 Å². The van der Waals surface area contributed by atoms with Crippen LogP contribution in [0.4, 0.5) is 0 Å². The van der Waals surface area contributed by atoms with Gasteiger partial charge in [-0.3, -0.25) is 0 Å². The van der Waals surface area contributed by atoms with Crippen molar-refractivity contribution in [2.75, 3.05) is 5.88 Å². The summed E-state index contributed by atoms with van der Waals surface area (Å²) in [5, 5.41) is 4.61. The first-order valence-electron chi connectivity index (χ1n) is 7.53. The summed E-state index contributed by atoms with van der Waals surface area (Å²) in [6.45, 7) is 11.8. The van der Waals surface area contributed by atoms with Gasteiger partial charge in [-0.15, -0.1) is 11.6 Å². The van der Waals surface area contributed by atoms with Crippen molar-refractivity contribution in [3.8, 4) is 0 Å². The van der Waals surface area contributed by atoms with Gasteiger partial charge in [0, 0.05) is 24.4 Å². The van der Waals surface area contributed by atoms with Crippen molar-refractivity contribution in [2.24, 2.45) is 0 Å². The smallest absolute Gasteiger partial charge is 0.159 e. The highest BCUT2D eigenvalue weighted by Crippen LogP contribution is 2.32. The van der Waals surface area contributed by atoms with Crippen LogP contribution >= 0.6 is 11.6 Å². The maximum absolute atomic E-state index is 5.98. The third kappa shape index (κ3) is 2.24. The monoisotopic (exact) mass is 296 g/mol. The van der Waals surface area contributed by atoms with Gasteiger partial charge in [0.25, 0.3) is 0 Å². The second-order valence-corrected chi connectivity index (χ2v) is 5.96. The fourth-order valence-electron chi connectivity index (χ4n) is 2.82. The van der Waals surface area contributed by atoms with Crippen LogP contribution in [-0.4, -0.2) is 25.2 Å². The van der Waals surface area contributed by atoms with Gasteiger partial charge >= 0.3 is 0 Å². The van der Waals surface area contributed by atoms with Crippen LogP contribution in [0.15, 0.2) is 0 Å². The van der Waals surface area contributed by atoms with Crippen LogP contribution in [0.25, 0.3) is 11.2 Å². The van der Waals surface area contributed by atoms with E-state index in [1.54, 1.807) is 0 Å². The Hall–Kier alpha value is -1.03. The Morgan fingerprint density at radius 1 is 1.20 bits per heavy atom. The molecule has 0 amide bonds. The molecule has 0 unspecified atom stereocenters. The van der Waals surface area contributed by atoms with Gasteiger partial charge in [-0.25, -0.2) is 9.67 Å². The average molecular weight is 297 g/mol. The van der Waals surface area contributed by atoms with E-state index >= 15 is 0 Å². The summed E-state index contributed by atoms with van der Waals surface area (Å²) >= 11 is 5.98. The van der Waals surface area contributed by atoms with E-state index in [1.807, 2.05) is 6.92 Å². The number of alkyl halides is 1. The lowest BCUT2D eigenvalue weighted by atomic mass is 9.95. The van der Waals surface area contributed by atoms with Gasteiger partial charge in [0.05, 0.1) is 5.69 Å². The Labute approximate surface area is 126 Å². The molecule has 0 atom stereocenters. The average Bonchev–Trinajstić information content (AvgIpc) is 2.97. The van der Waals surface area contributed by atoms with E-state index in [0.29, 0.717) is 5.88 Å². The Kier molecular flexibility index (Phi) is 4.43. The van der Waals surface area contributed by atoms with E-state index in [9.17, 15) is 0 Å². The van der Waals surface area contributed by atoms with Crippen molar-refractivity contribution < 1.29 is 0 Å². The summed E-state index contributed by atoms with van der Waals surface area (Å²) < 4.78 is 4.45. The molecule has 2 aromatic rings. The number of fused-ring (bicyclic) bond motifs is 1. The molecule has 2 heterocycles. The molecule has 5 heteroatoms. The predicted molar refractivity (Wildman–Crippen MR) is 84.6 cm³/mol. The summed E-state index contributed by atoms with van der Waals surface area (Å²) in [7, 11) is 0.